The Labute approximate surface area is 105 Å². The Morgan fingerprint density at radius 1 is 1.24 bits per heavy atom. The minimum Gasteiger partial charge on any atom is -0.396 e. The molecular formula is C15H25NO. The SMILES string of the molecule is CC(C)Cc1ccc(C(C)(CN)CCO)cc1. The topological polar surface area (TPSA) is 46.2 Å². The van der Waals surface area contributed by atoms with Crippen molar-refractivity contribution in [1.29, 1.82) is 0 Å². The van der Waals surface area contributed by atoms with Gasteiger partial charge in [-0.3, -0.25) is 0 Å². The molecule has 0 fully saturated rings. The van der Waals surface area contributed by atoms with Gasteiger partial charge in [0.2, 0.25) is 0 Å². The molecule has 1 aromatic carbocycles. The number of aliphatic hydroxyl groups is 1. The van der Waals surface area contributed by atoms with Gasteiger partial charge in [0.1, 0.15) is 0 Å². The lowest BCUT2D eigenvalue weighted by Gasteiger charge is -2.28. The molecule has 3 N–H and O–H groups in total. The Balaban J connectivity index is 2.85. The third-order valence-electron chi connectivity index (χ3n) is 3.41. The monoisotopic (exact) mass is 235 g/mol. The molecule has 1 atom stereocenters. The van der Waals surface area contributed by atoms with Crippen LogP contribution in [0.15, 0.2) is 24.3 Å². The van der Waals surface area contributed by atoms with Gasteiger partial charge in [-0.15, -0.1) is 0 Å². The van der Waals surface area contributed by atoms with Crippen LogP contribution in [0.1, 0.15) is 38.3 Å². The maximum Gasteiger partial charge on any atom is 0.0439 e. The Kier molecular flexibility index (Phi) is 5.16. The van der Waals surface area contributed by atoms with Gasteiger partial charge < -0.3 is 10.8 Å². The first kappa shape index (κ1) is 14.2. The van der Waals surface area contributed by atoms with Crippen LogP contribution in [0.25, 0.3) is 0 Å². The van der Waals surface area contributed by atoms with E-state index in [0.717, 1.165) is 6.42 Å². The quantitative estimate of drug-likeness (QED) is 0.795. The normalized spacial score (nSPS) is 14.9. The molecule has 0 bridgehead atoms. The molecule has 2 heteroatoms. The van der Waals surface area contributed by atoms with Gasteiger partial charge in [0.25, 0.3) is 0 Å². The third kappa shape index (κ3) is 3.83. The fourth-order valence-electron chi connectivity index (χ4n) is 2.13. The molecule has 0 radical (unpaired) electrons. The lowest BCUT2D eigenvalue weighted by Crippen LogP contribution is -2.32. The number of aliphatic hydroxyl groups excluding tert-OH is 1. The van der Waals surface area contributed by atoms with Crippen molar-refractivity contribution in [2.24, 2.45) is 11.7 Å². The van der Waals surface area contributed by atoms with Crippen molar-refractivity contribution in [2.75, 3.05) is 13.2 Å². The lowest BCUT2D eigenvalue weighted by molar-refractivity contribution is 0.247. The number of hydrogen-bond donors (Lipinski definition) is 2. The van der Waals surface area contributed by atoms with E-state index in [4.69, 9.17) is 10.8 Å². The standard InChI is InChI=1S/C15H25NO/c1-12(2)10-13-4-6-14(7-5-13)15(3,11-16)8-9-17/h4-7,12,17H,8-11,16H2,1-3H3. The van der Waals surface area contributed by atoms with Crippen LogP contribution in [0.2, 0.25) is 0 Å². The van der Waals surface area contributed by atoms with E-state index in [0.29, 0.717) is 18.9 Å². The second kappa shape index (κ2) is 6.18. The average Bonchev–Trinajstić information content (AvgIpc) is 2.29. The molecular weight excluding hydrogens is 210 g/mol. The number of hydrogen-bond acceptors (Lipinski definition) is 2. The van der Waals surface area contributed by atoms with Gasteiger partial charge >= 0.3 is 0 Å². The van der Waals surface area contributed by atoms with Gasteiger partial charge in [-0.25, -0.2) is 0 Å². The summed E-state index contributed by atoms with van der Waals surface area (Å²) in [6.45, 7) is 7.31. The van der Waals surface area contributed by atoms with Crippen LogP contribution in [-0.2, 0) is 11.8 Å². The van der Waals surface area contributed by atoms with E-state index in [-0.39, 0.29) is 12.0 Å². The smallest absolute Gasteiger partial charge is 0.0439 e. The summed E-state index contributed by atoms with van der Waals surface area (Å²) in [5.41, 5.74) is 8.32. The summed E-state index contributed by atoms with van der Waals surface area (Å²) in [7, 11) is 0. The molecule has 0 heterocycles. The molecule has 2 nitrogen and oxygen atoms in total. The van der Waals surface area contributed by atoms with Crippen LogP contribution >= 0.6 is 0 Å². The fourth-order valence-corrected chi connectivity index (χ4v) is 2.13. The molecule has 0 amide bonds. The average molecular weight is 235 g/mol. The van der Waals surface area contributed by atoms with Crippen molar-refractivity contribution < 1.29 is 5.11 Å². The molecule has 0 aliphatic rings. The van der Waals surface area contributed by atoms with Gasteiger partial charge in [-0.2, -0.15) is 0 Å². The van der Waals surface area contributed by atoms with Crippen LogP contribution in [0.5, 0.6) is 0 Å². The summed E-state index contributed by atoms with van der Waals surface area (Å²) in [4.78, 5) is 0. The van der Waals surface area contributed by atoms with E-state index in [1.807, 2.05) is 0 Å². The summed E-state index contributed by atoms with van der Waals surface area (Å²) in [5, 5.41) is 9.11. The van der Waals surface area contributed by atoms with Crippen LogP contribution in [0.3, 0.4) is 0 Å². The van der Waals surface area contributed by atoms with E-state index >= 15 is 0 Å². The summed E-state index contributed by atoms with van der Waals surface area (Å²) < 4.78 is 0. The van der Waals surface area contributed by atoms with Crippen LogP contribution < -0.4 is 5.73 Å². The highest BCUT2D eigenvalue weighted by Crippen LogP contribution is 2.26. The minimum atomic E-state index is -0.106. The molecule has 1 rings (SSSR count). The molecule has 0 aromatic heterocycles. The molecule has 0 spiro atoms. The summed E-state index contributed by atoms with van der Waals surface area (Å²) in [5.74, 6) is 0.680. The van der Waals surface area contributed by atoms with E-state index in [9.17, 15) is 0 Å². The molecule has 1 unspecified atom stereocenters. The predicted molar refractivity (Wildman–Crippen MR) is 73.1 cm³/mol. The van der Waals surface area contributed by atoms with E-state index < -0.39 is 0 Å². The second-order valence-corrected chi connectivity index (χ2v) is 5.53. The zero-order valence-corrected chi connectivity index (χ0v) is 11.2. The maximum atomic E-state index is 9.11. The molecule has 96 valence electrons. The highest BCUT2D eigenvalue weighted by molar-refractivity contribution is 5.29. The Bertz CT molecular complexity index is 331. The highest BCUT2D eigenvalue weighted by Gasteiger charge is 2.24. The van der Waals surface area contributed by atoms with Gasteiger partial charge in [-0.1, -0.05) is 45.0 Å². The van der Waals surface area contributed by atoms with Crippen molar-refractivity contribution in [3.05, 3.63) is 35.4 Å². The summed E-state index contributed by atoms with van der Waals surface area (Å²) in [6, 6.07) is 8.67. The van der Waals surface area contributed by atoms with Crippen LogP contribution in [-0.4, -0.2) is 18.3 Å². The van der Waals surface area contributed by atoms with Crippen LogP contribution in [0, 0.1) is 5.92 Å². The summed E-state index contributed by atoms with van der Waals surface area (Å²) in [6.07, 6.45) is 1.83. The zero-order chi connectivity index (χ0) is 12.9. The van der Waals surface area contributed by atoms with Gasteiger partial charge in [0, 0.05) is 18.6 Å². The van der Waals surface area contributed by atoms with E-state index in [1.54, 1.807) is 0 Å². The molecule has 17 heavy (non-hydrogen) atoms. The van der Waals surface area contributed by atoms with Gasteiger partial charge in [0.15, 0.2) is 0 Å². The Morgan fingerprint density at radius 3 is 2.24 bits per heavy atom. The van der Waals surface area contributed by atoms with Crippen molar-refractivity contribution in [1.82, 2.24) is 0 Å². The zero-order valence-electron chi connectivity index (χ0n) is 11.2. The van der Waals surface area contributed by atoms with E-state index in [1.165, 1.54) is 11.1 Å². The number of rotatable bonds is 6. The first-order chi connectivity index (χ1) is 8.01. The Hall–Kier alpha value is -0.860. The number of benzene rings is 1. The van der Waals surface area contributed by atoms with Gasteiger partial charge in [0.05, 0.1) is 0 Å². The molecule has 0 aliphatic heterocycles. The number of nitrogens with two attached hydrogens (primary N) is 1. The highest BCUT2D eigenvalue weighted by atomic mass is 16.3. The molecule has 0 aliphatic carbocycles. The minimum absolute atomic E-state index is 0.106. The molecule has 0 saturated carbocycles. The van der Waals surface area contributed by atoms with Crippen molar-refractivity contribution in [3.8, 4) is 0 Å². The largest absolute Gasteiger partial charge is 0.396 e. The second-order valence-electron chi connectivity index (χ2n) is 5.53. The van der Waals surface area contributed by atoms with E-state index in [2.05, 4.69) is 45.0 Å². The lowest BCUT2D eigenvalue weighted by atomic mass is 9.79. The van der Waals surface area contributed by atoms with Gasteiger partial charge in [-0.05, 0) is 29.9 Å². The third-order valence-corrected chi connectivity index (χ3v) is 3.41. The van der Waals surface area contributed by atoms with Crippen molar-refractivity contribution in [2.45, 2.75) is 39.0 Å². The first-order valence-electron chi connectivity index (χ1n) is 6.42. The van der Waals surface area contributed by atoms with Crippen molar-refractivity contribution in [3.63, 3.8) is 0 Å². The van der Waals surface area contributed by atoms with Crippen LogP contribution in [0.4, 0.5) is 0 Å². The Morgan fingerprint density at radius 2 is 1.82 bits per heavy atom. The molecule has 1 aromatic rings. The summed E-state index contributed by atoms with van der Waals surface area (Å²) >= 11 is 0. The van der Waals surface area contributed by atoms with Crippen molar-refractivity contribution >= 4 is 0 Å². The predicted octanol–water partition coefficient (Wildman–Crippen LogP) is 2.48. The maximum absolute atomic E-state index is 9.11. The first-order valence-corrected chi connectivity index (χ1v) is 6.42. The fraction of sp³-hybridized carbons (Fsp3) is 0.600. The molecule has 0 saturated heterocycles.